The molecule has 1 aliphatic rings. The van der Waals surface area contributed by atoms with E-state index in [1.165, 1.54) is 6.07 Å². The SMILES string of the molecule is Nc1ccc(N/N=C2/C(=O)N(c3ccc(S(=O)(=O)O)cc3)N=C2C(=O)O)c(S(=O)(=O)O)c1. The number of carboxylic acid groups (broad SMARTS) is 1. The number of anilines is 3. The van der Waals surface area contributed by atoms with Gasteiger partial charge in [-0.05, 0) is 42.5 Å². The Morgan fingerprint density at radius 2 is 1.66 bits per heavy atom. The van der Waals surface area contributed by atoms with Gasteiger partial charge in [-0.15, -0.1) is 0 Å². The Labute approximate surface area is 180 Å². The molecule has 0 saturated carbocycles. The van der Waals surface area contributed by atoms with Crippen LogP contribution in [0.25, 0.3) is 0 Å². The number of carboxylic acids is 1. The molecule has 3 rings (SSSR count). The molecular formula is C16H13N5O9S2. The van der Waals surface area contributed by atoms with Crippen molar-refractivity contribution in [2.24, 2.45) is 10.2 Å². The summed E-state index contributed by atoms with van der Waals surface area (Å²) in [5.74, 6) is -2.68. The number of hydrazone groups is 2. The first kappa shape index (κ1) is 22.8. The van der Waals surface area contributed by atoms with Crippen molar-refractivity contribution < 1.29 is 40.6 Å². The van der Waals surface area contributed by atoms with Gasteiger partial charge in [0.2, 0.25) is 5.71 Å². The van der Waals surface area contributed by atoms with Gasteiger partial charge >= 0.3 is 11.9 Å². The molecule has 32 heavy (non-hydrogen) atoms. The van der Waals surface area contributed by atoms with Crippen molar-refractivity contribution in [3.05, 3.63) is 42.5 Å². The van der Waals surface area contributed by atoms with E-state index in [2.05, 4.69) is 15.6 Å². The fourth-order valence-corrected chi connectivity index (χ4v) is 3.69. The van der Waals surface area contributed by atoms with E-state index >= 15 is 0 Å². The lowest BCUT2D eigenvalue weighted by molar-refractivity contribution is -0.129. The fraction of sp³-hybridized carbons (Fsp3) is 0. The van der Waals surface area contributed by atoms with E-state index in [0.717, 1.165) is 36.4 Å². The molecular weight excluding hydrogens is 470 g/mol. The Kier molecular flexibility index (Phi) is 5.71. The van der Waals surface area contributed by atoms with Gasteiger partial charge in [0.25, 0.3) is 20.2 Å². The Hall–Kier alpha value is -3.86. The normalized spacial score (nSPS) is 15.7. The summed E-state index contributed by atoms with van der Waals surface area (Å²) < 4.78 is 63.7. The number of benzene rings is 2. The molecule has 16 heteroatoms. The molecule has 0 fully saturated rings. The number of aliphatic carboxylic acids is 1. The highest BCUT2D eigenvalue weighted by molar-refractivity contribution is 7.86. The summed E-state index contributed by atoms with van der Waals surface area (Å²) in [5, 5.41) is 17.2. The lowest BCUT2D eigenvalue weighted by Crippen LogP contribution is -2.31. The summed E-state index contributed by atoms with van der Waals surface area (Å²) in [7, 11) is -9.23. The smallest absolute Gasteiger partial charge is 0.358 e. The number of nitrogens with two attached hydrogens (primary N) is 1. The van der Waals surface area contributed by atoms with Gasteiger partial charge in [-0.1, -0.05) is 0 Å². The topological polar surface area (TPSA) is 229 Å². The van der Waals surface area contributed by atoms with Crippen LogP contribution in [0.1, 0.15) is 0 Å². The predicted octanol–water partition coefficient (Wildman–Crippen LogP) is 0.0175. The van der Waals surface area contributed by atoms with E-state index in [1.54, 1.807) is 0 Å². The second kappa shape index (κ2) is 8.00. The summed E-state index contributed by atoms with van der Waals surface area (Å²) in [5.41, 5.74) is 5.83. The maximum atomic E-state index is 12.7. The van der Waals surface area contributed by atoms with Gasteiger partial charge < -0.3 is 10.8 Å². The van der Waals surface area contributed by atoms with Gasteiger partial charge in [0, 0.05) is 5.69 Å². The third kappa shape index (κ3) is 4.57. The van der Waals surface area contributed by atoms with Crippen LogP contribution in [0.5, 0.6) is 0 Å². The molecule has 168 valence electrons. The monoisotopic (exact) mass is 483 g/mol. The number of rotatable bonds is 6. The molecule has 0 atom stereocenters. The maximum absolute atomic E-state index is 12.7. The van der Waals surface area contributed by atoms with E-state index < -0.39 is 53.3 Å². The molecule has 1 amide bonds. The molecule has 1 heterocycles. The van der Waals surface area contributed by atoms with Crippen LogP contribution in [0.15, 0.2) is 62.5 Å². The molecule has 2 aromatic carbocycles. The summed E-state index contributed by atoms with van der Waals surface area (Å²) in [6, 6.07) is 7.44. The third-order valence-electron chi connectivity index (χ3n) is 3.97. The molecule has 0 saturated heterocycles. The molecule has 0 aliphatic carbocycles. The molecule has 14 nitrogen and oxygen atoms in total. The van der Waals surface area contributed by atoms with Crippen molar-refractivity contribution in [1.29, 1.82) is 0 Å². The predicted molar refractivity (Wildman–Crippen MR) is 111 cm³/mol. The van der Waals surface area contributed by atoms with Gasteiger partial charge in [-0.2, -0.15) is 32.0 Å². The number of nitrogens with one attached hydrogen (secondary N) is 1. The molecule has 1 aliphatic heterocycles. The largest absolute Gasteiger partial charge is 0.476 e. The number of carbonyl (C=O) groups is 2. The zero-order valence-corrected chi connectivity index (χ0v) is 17.2. The van der Waals surface area contributed by atoms with E-state index in [0.29, 0.717) is 5.01 Å². The van der Waals surface area contributed by atoms with Gasteiger partial charge in [-0.25, -0.2) is 4.79 Å². The summed E-state index contributed by atoms with van der Waals surface area (Å²) in [6.07, 6.45) is 0. The van der Waals surface area contributed by atoms with Crippen LogP contribution in [0.4, 0.5) is 17.1 Å². The molecule has 0 spiro atoms. The zero-order valence-electron chi connectivity index (χ0n) is 15.6. The highest BCUT2D eigenvalue weighted by Gasteiger charge is 2.37. The van der Waals surface area contributed by atoms with Crippen molar-refractivity contribution in [3.63, 3.8) is 0 Å². The van der Waals surface area contributed by atoms with Crippen molar-refractivity contribution >= 4 is 60.6 Å². The first-order valence-corrected chi connectivity index (χ1v) is 11.1. The van der Waals surface area contributed by atoms with Gasteiger partial charge in [0.05, 0.1) is 16.3 Å². The van der Waals surface area contributed by atoms with Gasteiger partial charge in [-0.3, -0.25) is 19.3 Å². The maximum Gasteiger partial charge on any atom is 0.358 e. The van der Waals surface area contributed by atoms with Crippen LogP contribution in [-0.4, -0.2) is 54.3 Å². The first-order valence-electron chi connectivity index (χ1n) is 8.24. The van der Waals surface area contributed by atoms with Crippen LogP contribution in [-0.2, 0) is 29.8 Å². The minimum atomic E-state index is -4.74. The number of amides is 1. The third-order valence-corrected chi connectivity index (χ3v) is 5.73. The average molecular weight is 483 g/mol. The van der Waals surface area contributed by atoms with E-state index in [4.69, 9.17) is 10.3 Å². The number of carbonyl (C=O) groups excluding carboxylic acids is 1. The Bertz CT molecular complexity index is 1400. The number of hydrogen-bond donors (Lipinski definition) is 5. The fourth-order valence-electron chi connectivity index (χ4n) is 2.53. The quantitative estimate of drug-likeness (QED) is 0.209. The Morgan fingerprint density at radius 3 is 2.19 bits per heavy atom. The van der Waals surface area contributed by atoms with E-state index in [1.807, 2.05) is 0 Å². The van der Waals surface area contributed by atoms with Crippen LogP contribution in [0, 0.1) is 0 Å². The van der Waals surface area contributed by atoms with Crippen molar-refractivity contribution in [3.8, 4) is 0 Å². The Morgan fingerprint density at radius 1 is 1.03 bits per heavy atom. The van der Waals surface area contributed by atoms with E-state index in [9.17, 15) is 36.1 Å². The number of nitrogen functional groups attached to an aromatic ring is 1. The number of nitrogens with zero attached hydrogens (tertiary/aromatic N) is 3. The summed E-state index contributed by atoms with van der Waals surface area (Å²) in [4.78, 5) is 23.1. The Balaban J connectivity index is 1.98. The highest BCUT2D eigenvalue weighted by atomic mass is 32.2. The van der Waals surface area contributed by atoms with Gasteiger partial charge in [0.15, 0.2) is 5.71 Å². The second-order valence-electron chi connectivity index (χ2n) is 6.14. The number of hydrogen-bond acceptors (Lipinski definition) is 10. The molecule has 6 N–H and O–H groups in total. The molecule has 0 bridgehead atoms. The zero-order chi connectivity index (χ0) is 23.8. The van der Waals surface area contributed by atoms with Crippen molar-refractivity contribution in [2.45, 2.75) is 9.79 Å². The summed E-state index contributed by atoms with van der Waals surface area (Å²) in [6.45, 7) is 0. The van der Waals surface area contributed by atoms with Crippen LogP contribution >= 0.6 is 0 Å². The average Bonchev–Trinajstić information content (AvgIpc) is 3.02. The van der Waals surface area contributed by atoms with Crippen LogP contribution in [0.2, 0.25) is 0 Å². The molecule has 2 aromatic rings. The van der Waals surface area contributed by atoms with Crippen molar-refractivity contribution in [1.82, 2.24) is 0 Å². The first-order chi connectivity index (χ1) is 14.8. The lowest BCUT2D eigenvalue weighted by Gasteiger charge is -2.11. The molecule has 0 radical (unpaired) electrons. The van der Waals surface area contributed by atoms with Crippen molar-refractivity contribution in [2.75, 3.05) is 16.2 Å². The summed E-state index contributed by atoms with van der Waals surface area (Å²) >= 11 is 0. The minimum Gasteiger partial charge on any atom is -0.476 e. The standard InChI is InChI=1S/C16H13N5O9S2/c17-8-1-6-11(12(7-8)32(28,29)30)18-19-13-14(16(23)24)20-21(15(13)22)9-2-4-10(5-3-9)31(25,26)27/h1-7,18H,17H2,(H,23,24)(H,25,26,27)(H,28,29,30)/b19-13+. The van der Waals surface area contributed by atoms with Crippen LogP contribution in [0.3, 0.4) is 0 Å². The van der Waals surface area contributed by atoms with E-state index in [-0.39, 0.29) is 17.1 Å². The molecule has 0 unspecified atom stereocenters. The van der Waals surface area contributed by atoms with Crippen LogP contribution < -0.4 is 16.2 Å². The minimum absolute atomic E-state index is 0.0000684. The molecule has 0 aromatic heterocycles. The highest BCUT2D eigenvalue weighted by Crippen LogP contribution is 2.25. The van der Waals surface area contributed by atoms with Gasteiger partial charge in [0.1, 0.15) is 4.90 Å². The second-order valence-corrected chi connectivity index (χ2v) is 8.95. The lowest BCUT2D eigenvalue weighted by atomic mass is 10.2.